The number of nitro groups is 1. The molecule has 30 heavy (non-hydrogen) atoms. The highest BCUT2D eigenvalue weighted by Crippen LogP contribution is 2.32. The van der Waals surface area contributed by atoms with Crippen molar-refractivity contribution in [2.75, 3.05) is 16.8 Å². The van der Waals surface area contributed by atoms with Gasteiger partial charge < -0.3 is 10.2 Å². The molecule has 4 rings (SSSR count). The van der Waals surface area contributed by atoms with Crippen LogP contribution in [0.15, 0.2) is 53.9 Å². The molecule has 1 aromatic heterocycles. The number of halogens is 1. The molecule has 1 aliphatic heterocycles. The van der Waals surface area contributed by atoms with Crippen molar-refractivity contribution in [2.24, 2.45) is 0 Å². The molecule has 0 saturated heterocycles. The number of non-ortho nitro benzene ring substituents is 1. The molecule has 2 aromatic carbocycles. The van der Waals surface area contributed by atoms with Crippen LogP contribution in [0.1, 0.15) is 32.0 Å². The van der Waals surface area contributed by atoms with Crippen LogP contribution in [0.3, 0.4) is 0 Å². The molecule has 0 bridgehead atoms. The van der Waals surface area contributed by atoms with Gasteiger partial charge in [-0.15, -0.1) is 11.3 Å². The number of hydrogen-bond acceptors (Lipinski definition) is 5. The predicted molar refractivity (Wildman–Crippen MR) is 117 cm³/mol. The van der Waals surface area contributed by atoms with E-state index in [1.54, 1.807) is 11.0 Å². The van der Waals surface area contributed by atoms with Gasteiger partial charge in [0.1, 0.15) is 0 Å². The van der Waals surface area contributed by atoms with E-state index in [2.05, 4.69) is 5.32 Å². The van der Waals surface area contributed by atoms with Crippen molar-refractivity contribution >= 4 is 51.8 Å². The average Bonchev–Trinajstić information content (AvgIpc) is 3.27. The van der Waals surface area contributed by atoms with Crippen LogP contribution in [-0.4, -0.2) is 23.3 Å². The Morgan fingerprint density at radius 1 is 1.17 bits per heavy atom. The third-order valence-electron chi connectivity index (χ3n) is 4.84. The van der Waals surface area contributed by atoms with Gasteiger partial charge in [0.15, 0.2) is 0 Å². The summed E-state index contributed by atoms with van der Waals surface area (Å²) in [5.74, 6) is -0.488. The highest BCUT2D eigenvalue weighted by molar-refractivity contribution is 7.12. The van der Waals surface area contributed by atoms with E-state index < -0.39 is 10.8 Å². The Labute approximate surface area is 181 Å². The van der Waals surface area contributed by atoms with Gasteiger partial charge in [-0.2, -0.15) is 0 Å². The lowest BCUT2D eigenvalue weighted by molar-refractivity contribution is -0.384. The first kappa shape index (κ1) is 20.1. The van der Waals surface area contributed by atoms with Crippen LogP contribution >= 0.6 is 22.9 Å². The van der Waals surface area contributed by atoms with Crippen molar-refractivity contribution in [2.45, 2.75) is 12.8 Å². The summed E-state index contributed by atoms with van der Waals surface area (Å²) in [5.41, 5.74) is 2.35. The van der Waals surface area contributed by atoms with Crippen molar-refractivity contribution < 1.29 is 14.5 Å². The summed E-state index contributed by atoms with van der Waals surface area (Å²) in [4.78, 5) is 38.1. The quantitative estimate of drug-likeness (QED) is 0.447. The van der Waals surface area contributed by atoms with Crippen LogP contribution in [0.5, 0.6) is 0 Å². The number of fused-ring (bicyclic) bond motifs is 1. The number of amides is 2. The molecule has 2 heterocycles. The standard InChI is InChI=1S/C21H16ClN3O4S/c22-17-12-15(25(28)29)6-7-16(17)20(26)23-14-5-8-18-13(11-14)3-1-9-24(18)21(27)19-4-2-10-30-19/h2,4-8,10-12H,1,3,9H2,(H,23,26). The van der Waals surface area contributed by atoms with Crippen molar-refractivity contribution in [1.29, 1.82) is 0 Å². The molecule has 0 saturated carbocycles. The van der Waals surface area contributed by atoms with E-state index in [0.717, 1.165) is 30.2 Å². The zero-order valence-corrected chi connectivity index (χ0v) is 17.2. The molecule has 2 amide bonds. The van der Waals surface area contributed by atoms with Crippen molar-refractivity contribution in [3.05, 3.63) is 85.1 Å². The topological polar surface area (TPSA) is 92.6 Å². The van der Waals surface area contributed by atoms with Gasteiger partial charge >= 0.3 is 0 Å². The molecular weight excluding hydrogens is 426 g/mol. The maximum atomic E-state index is 12.8. The lowest BCUT2D eigenvalue weighted by Gasteiger charge is -2.29. The first-order chi connectivity index (χ1) is 14.4. The minimum Gasteiger partial charge on any atom is -0.322 e. The summed E-state index contributed by atoms with van der Waals surface area (Å²) >= 11 is 7.45. The van der Waals surface area contributed by atoms with Gasteiger partial charge in [-0.1, -0.05) is 17.7 Å². The lowest BCUT2D eigenvalue weighted by Crippen LogP contribution is -2.35. The van der Waals surface area contributed by atoms with E-state index in [9.17, 15) is 19.7 Å². The van der Waals surface area contributed by atoms with Gasteiger partial charge in [0.2, 0.25) is 0 Å². The number of nitrogens with zero attached hydrogens (tertiary/aromatic N) is 2. The van der Waals surface area contributed by atoms with Gasteiger partial charge in [-0.3, -0.25) is 19.7 Å². The van der Waals surface area contributed by atoms with Crippen LogP contribution < -0.4 is 10.2 Å². The molecule has 0 spiro atoms. The minimum atomic E-state index is -0.569. The molecule has 0 radical (unpaired) electrons. The summed E-state index contributed by atoms with van der Waals surface area (Å²) in [6.45, 7) is 0.647. The molecule has 7 nitrogen and oxygen atoms in total. The summed E-state index contributed by atoms with van der Waals surface area (Å²) < 4.78 is 0. The molecule has 0 unspecified atom stereocenters. The SMILES string of the molecule is O=C(Nc1ccc2c(c1)CCCN2C(=O)c1cccs1)c1ccc([N+](=O)[O-])cc1Cl. The zero-order valence-electron chi connectivity index (χ0n) is 15.6. The van der Waals surface area contributed by atoms with Crippen molar-refractivity contribution in [3.63, 3.8) is 0 Å². The molecule has 1 aliphatic rings. The predicted octanol–water partition coefficient (Wildman–Crippen LogP) is 5.16. The van der Waals surface area contributed by atoms with Crippen LogP contribution in [0, 0.1) is 10.1 Å². The smallest absolute Gasteiger partial charge is 0.270 e. The van der Waals surface area contributed by atoms with E-state index in [1.807, 2.05) is 29.6 Å². The average molecular weight is 442 g/mol. The van der Waals surface area contributed by atoms with Crippen molar-refractivity contribution in [3.8, 4) is 0 Å². The largest absolute Gasteiger partial charge is 0.322 e. The third-order valence-corrected chi connectivity index (χ3v) is 6.01. The van der Waals surface area contributed by atoms with Crippen LogP contribution in [-0.2, 0) is 6.42 Å². The number of hydrogen-bond donors (Lipinski definition) is 1. The van der Waals surface area contributed by atoms with E-state index in [4.69, 9.17) is 11.6 Å². The maximum Gasteiger partial charge on any atom is 0.270 e. The zero-order chi connectivity index (χ0) is 21.3. The van der Waals surface area contributed by atoms with E-state index in [1.165, 1.54) is 23.5 Å². The second-order valence-electron chi connectivity index (χ2n) is 6.76. The molecule has 9 heteroatoms. The van der Waals surface area contributed by atoms with Gasteiger partial charge in [-0.25, -0.2) is 0 Å². The second-order valence-corrected chi connectivity index (χ2v) is 8.11. The number of rotatable bonds is 4. The number of nitro benzene ring substituents is 1. The fourth-order valence-corrected chi connectivity index (χ4v) is 4.35. The van der Waals surface area contributed by atoms with Crippen molar-refractivity contribution in [1.82, 2.24) is 0 Å². The molecule has 1 N–H and O–H groups in total. The molecular formula is C21H16ClN3O4S. The summed E-state index contributed by atoms with van der Waals surface area (Å²) in [6, 6.07) is 12.8. The number of aryl methyl sites for hydroxylation is 1. The Balaban J connectivity index is 1.55. The normalized spacial score (nSPS) is 12.9. The van der Waals surface area contributed by atoms with E-state index in [0.29, 0.717) is 17.1 Å². The minimum absolute atomic E-state index is 0.00683. The summed E-state index contributed by atoms with van der Waals surface area (Å²) in [5, 5.41) is 15.5. The van der Waals surface area contributed by atoms with Crippen LogP contribution in [0.2, 0.25) is 5.02 Å². The Morgan fingerprint density at radius 3 is 2.70 bits per heavy atom. The highest BCUT2D eigenvalue weighted by atomic mass is 35.5. The van der Waals surface area contributed by atoms with Crippen LogP contribution in [0.4, 0.5) is 17.1 Å². The fraction of sp³-hybridized carbons (Fsp3) is 0.143. The maximum absolute atomic E-state index is 12.8. The molecule has 152 valence electrons. The van der Waals surface area contributed by atoms with Gasteiger partial charge in [0.25, 0.3) is 17.5 Å². The van der Waals surface area contributed by atoms with E-state index >= 15 is 0 Å². The lowest BCUT2D eigenvalue weighted by atomic mass is 10.0. The number of carbonyl (C=O) groups excluding carboxylic acids is 2. The monoisotopic (exact) mass is 441 g/mol. The Bertz CT molecular complexity index is 1150. The number of benzene rings is 2. The number of thiophene rings is 1. The Morgan fingerprint density at radius 2 is 2.00 bits per heavy atom. The highest BCUT2D eigenvalue weighted by Gasteiger charge is 2.24. The third kappa shape index (κ3) is 3.92. The molecule has 0 atom stereocenters. The van der Waals surface area contributed by atoms with Gasteiger partial charge in [0.05, 0.1) is 20.4 Å². The number of nitrogens with one attached hydrogen (secondary N) is 1. The first-order valence-electron chi connectivity index (χ1n) is 9.17. The molecule has 3 aromatic rings. The fourth-order valence-electron chi connectivity index (χ4n) is 3.42. The first-order valence-corrected chi connectivity index (χ1v) is 10.4. The summed E-state index contributed by atoms with van der Waals surface area (Å²) in [6.07, 6.45) is 1.63. The molecule has 0 fully saturated rings. The van der Waals surface area contributed by atoms with Gasteiger partial charge in [0, 0.05) is 30.1 Å². The Hall–Kier alpha value is -3.23. The number of carbonyl (C=O) groups is 2. The molecule has 0 aliphatic carbocycles. The summed E-state index contributed by atoms with van der Waals surface area (Å²) in [7, 11) is 0. The van der Waals surface area contributed by atoms with E-state index in [-0.39, 0.29) is 22.2 Å². The Kier molecular flexibility index (Phi) is 5.52. The number of anilines is 2. The van der Waals surface area contributed by atoms with Gasteiger partial charge in [-0.05, 0) is 54.1 Å². The van der Waals surface area contributed by atoms with Crippen LogP contribution in [0.25, 0.3) is 0 Å². The second kappa shape index (κ2) is 8.25.